The van der Waals surface area contributed by atoms with Gasteiger partial charge in [0.25, 0.3) is 0 Å². The van der Waals surface area contributed by atoms with Crippen LogP contribution in [0.25, 0.3) is 0 Å². The Hall–Kier alpha value is -1.27. The molecule has 0 unspecified atom stereocenters. The van der Waals surface area contributed by atoms with E-state index in [0.29, 0.717) is 0 Å². The Morgan fingerprint density at radius 1 is 1.53 bits per heavy atom. The summed E-state index contributed by atoms with van der Waals surface area (Å²) in [5, 5.41) is 10.7. The molecule has 2 aromatic rings. The van der Waals surface area contributed by atoms with E-state index in [2.05, 4.69) is 20.5 Å². The summed E-state index contributed by atoms with van der Waals surface area (Å²) in [5.74, 6) is 1.91. The lowest BCUT2D eigenvalue weighted by molar-refractivity contribution is 0.488. The highest BCUT2D eigenvalue weighted by atomic mass is 32.2. The molecule has 6 heteroatoms. The standard InChI is InChI=1S/C9H12N4OS/c1-2-8(14-4-1)6-10-3-5-15-9-11-7-12-13-9/h1-2,4,7,10H,3,5-6H2,(H,11,12,13). The lowest BCUT2D eigenvalue weighted by atomic mass is 10.4. The van der Waals surface area contributed by atoms with E-state index < -0.39 is 0 Å². The van der Waals surface area contributed by atoms with Crippen molar-refractivity contribution in [2.24, 2.45) is 0 Å². The number of hydrogen-bond acceptors (Lipinski definition) is 5. The maximum atomic E-state index is 5.19. The van der Waals surface area contributed by atoms with Gasteiger partial charge in [-0.2, -0.15) is 5.10 Å². The van der Waals surface area contributed by atoms with Crippen molar-refractivity contribution in [1.29, 1.82) is 0 Å². The largest absolute Gasteiger partial charge is 0.468 e. The van der Waals surface area contributed by atoms with E-state index in [4.69, 9.17) is 4.42 Å². The van der Waals surface area contributed by atoms with Gasteiger partial charge in [-0.15, -0.1) is 0 Å². The van der Waals surface area contributed by atoms with Gasteiger partial charge < -0.3 is 9.73 Å². The molecule has 2 rings (SSSR count). The van der Waals surface area contributed by atoms with E-state index >= 15 is 0 Å². The average molecular weight is 224 g/mol. The monoisotopic (exact) mass is 224 g/mol. The van der Waals surface area contributed by atoms with Gasteiger partial charge in [0.05, 0.1) is 12.8 Å². The van der Waals surface area contributed by atoms with Crippen LogP contribution in [0.2, 0.25) is 0 Å². The zero-order chi connectivity index (χ0) is 10.3. The maximum absolute atomic E-state index is 5.19. The summed E-state index contributed by atoms with van der Waals surface area (Å²) in [7, 11) is 0. The number of aromatic nitrogens is 3. The zero-order valence-electron chi connectivity index (χ0n) is 8.14. The second kappa shape index (κ2) is 5.57. The smallest absolute Gasteiger partial charge is 0.183 e. The van der Waals surface area contributed by atoms with Crippen molar-refractivity contribution >= 4 is 11.8 Å². The third kappa shape index (κ3) is 3.41. The molecule has 2 heterocycles. The van der Waals surface area contributed by atoms with Crippen molar-refractivity contribution in [2.45, 2.75) is 11.7 Å². The van der Waals surface area contributed by atoms with Gasteiger partial charge in [0, 0.05) is 12.3 Å². The Morgan fingerprint density at radius 3 is 3.27 bits per heavy atom. The molecule has 15 heavy (non-hydrogen) atoms. The Bertz CT molecular complexity index is 323. The molecule has 0 spiro atoms. The molecule has 0 aliphatic rings. The quantitative estimate of drug-likeness (QED) is 0.571. The highest BCUT2D eigenvalue weighted by molar-refractivity contribution is 7.99. The number of nitrogens with one attached hydrogen (secondary N) is 2. The predicted molar refractivity (Wildman–Crippen MR) is 57.5 cm³/mol. The molecule has 0 bridgehead atoms. The molecule has 5 nitrogen and oxygen atoms in total. The number of furan rings is 1. The molecule has 0 saturated heterocycles. The van der Waals surface area contributed by atoms with Gasteiger partial charge in [-0.1, -0.05) is 11.8 Å². The number of H-pyrrole nitrogens is 1. The lowest BCUT2D eigenvalue weighted by Crippen LogP contribution is -2.16. The minimum absolute atomic E-state index is 0.768. The van der Waals surface area contributed by atoms with Crippen molar-refractivity contribution in [2.75, 3.05) is 12.3 Å². The number of hydrogen-bond donors (Lipinski definition) is 2. The molecule has 2 N–H and O–H groups in total. The van der Waals surface area contributed by atoms with E-state index in [1.165, 1.54) is 6.33 Å². The summed E-state index contributed by atoms with van der Waals surface area (Å²) in [5.41, 5.74) is 0. The number of aromatic amines is 1. The van der Waals surface area contributed by atoms with Crippen LogP contribution in [0.4, 0.5) is 0 Å². The summed E-state index contributed by atoms with van der Waals surface area (Å²) in [4.78, 5) is 4.01. The van der Waals surface area contributed by atoms with Crippen LogP contribution in [0, 0.1) is 0 Å². The predicted octanol–water partition coefficient (Wildman–Crippen LogP) is 1.28. The van der Waals surface area contributed by atoms with Crippen LogP contribution in [0.1, 0.15) is 5.76 Å². The summed E-state index contributed by atoms with van der Waals surface area (Å²) in [6.07, 6.45) is 3.19. The summed E-state index contributed by atoms with van der Waals surface area (Å²) in [6, 6.07) is 3.84. The third-order valence-electron chi connectivity index (χ3n) is 1.79. The number of rotatable bonds is 6. The van der Waals surface area contributed by atoms with Crippen LogP contribution in [0.5, 0.6) is 0 Å². The highest BCUT2D eigenvalue weighted by Gasteiger charge is 1.97. The minimum atomic E-state index is 0.768. The van der Waals surface area contributed by atoms with Crippen molar-refractivity contribution in [3.8, 4) is 0 Å². The van der Waals surface area contributed by atoms with Gasteiger partial charge in [0.2, 0.25) is 0 Å². The van der Waals surface area contributed by atoms with Crippen LogP contribution in [-0.4, -0.2) is 27.5 Å². The van der Waals surface area contributed by atoms with Crippen LogP contribution in [0.15, 0.2) is 34.3 Å². The van der Waals surface area contributed by atoms with Crippen LogP contribution in [-0.2, 0) is 6.54 Å². The van der Waals surface area contributed by atoms with Crippen LogP contribution in [0.3, 0.4) is 0 Å². The Kier molecular flexibility index (Phi) is 3.81. The van der Waals surface area contributed by atoms with Gasteiger partial charge in [0.1, 0.15) is 12.1 Å². The first-order valence-corrected chi connectivity index (χ1v) is 5.65. The van der Waals surface area contributed by atoms with Gasteiger partial charge in [-0.05, 0) is 12.1 Å². The molecule has 0 amide bonds. The minimum Gasteiger partial charge on any atom is -0.468 e. The molecule has 0 aliphatic heterocycles. The molecule has 0 fully saturated rings. The summed E-state index contributed by atoms with van der Waals surface area (Å²) in [6.45, 7) is 1.68. The maximum Gasteiger partial charge on any atom is 0.183 e. The van der Waals surface area contributed by atoms with E-state index in [0.717, 1.165) is 29.8 Å². The van der Waals surface area contributed by atoms with Crippen LogP contribution >= 0.6 is 11.8 Å². The summed E-state index contributed by atoms with van der Waals surface area (Å²) >= 11 is 1.64. The molecule has 2 aromatic heterocycles. The van der Waals surface area contributed by atoms with Crippen molar-refractivity contribution in [3.05, 3.63) is 30.5 Å². The average Bonchev–Trinajstić information content (AvgIpc) is 2.88. The second-order valence-corrected chi connectivity index (χ2v) is 3.98. The van der Waals surface area contributed by atoms with E-state index in [1.54, 1.807) is 18.0 Å². The highest BCUT2D eigenvalue weighted by Crippen LogP contribution is 2.08. The van der Waals surface area contributed by atoms with E-state index in [1.807, 2.05) is 12.1 Å². The first kappa shape index (κ1) is 10.3. The number of nitrogens with zero attached hydrogens (tertiary/aromatic N) is 2. The summed E-state index contributed by atoms with van der Waals surface area (Å²) < 4.78 is 5.19. The fourth-order valence-electron chi connectivity index (χ4n) is 1.11. The fraction of sp³-hybridized carbons (Fsp3) is 0.333. The van der Waals surface area contributed by atoms with E-state index in [9.17, 15) is 0 Å². The van der Waals surface area contributed by atoms with Gasteiger partial charge in [-0.25, -0.2) is 4.98 Å². The van der Waals surface area contributed by atoms with Crippen molar-refractivity contribution in [1.82, 2.24) is 20.5 Å². The van der Waals surface area contributed by atoms with Gasteiger partial charge >= 0.3 is 0 Å². The van der Waals surface area contributed by atoms with Crippen molar-refractivity contribution < 1.29 is 4.42 Å². The number of thioether (sulfide) groups is 1. The molecule has 0 atom stereocenters. The molecule has 0 aliphatic carbocycles. The first-order chi connectivity index (χ1) is 7.45. The second-order valence-electron chi connectivity index (χ2n) is 2.90. The van der Waals surface area contributed by atoms with E-state index in [-0.39, 0.29) is 0 Å². The molecule has 0 aromatic carbocycles. The fourth-order valence-corrected chi connectivity index (χ4v) is 1.79. The molecular formula is C9H12N4OS. The Morgan fingerprint density at radius 2 is 2.53 bits per heavy atom. The molecule has 80 valence electrons. The van der Waals surface area contributed by atoms with Crippen LogP contribution < -0.4 is 5.32 Å². The normalized spacial score (nSPS) is 10.7. The van der Waals surface area contributed by atoms with Gasteiger partial charge in [-0.3, -0.25) is 5.10 Å². The first-order valence-electron chi connectivity index (χ1n) is 4.66. The topological polar surface area (TPSA) is 66.7 Å². The zero-order valence-corrected chi connectivity index (χ0v) is 8.96. The van der Waals surface area contributed by atoms with Gasteiger partial charge in [0.15, 0.2) is 5.16 Å². The SMILES string of the molecule is c1coc(CNCCSc2ncn[nH]2)c1. The molecule has 0 radical (unpaired) electrons. The molecular weight excluding hydrogens is 212 g/mol. The third-order valence-corrected chi connectivity index (χ3v) is 2.67. The Balaban J connectivity index is 1.56. The Labute approximate surface area is 91.7 Å². The van der Waals surface area contributed by atoms with Crippen molar-refractivity contribution in [3.63, 3.8) is 0 Å². The molecule has 0 saturated carbocycles. The lowest BCUT2D eigenvalue weighted by Gasteiger charge is -2.00.